The molecule has 0 unspecified atom stereocenters. The minimum Gasteiger partial charge on any atom is -0.491 e. The number of aromatic nitrogens is 2. The molecule has 3 aromatic rings. The number of primary amides is 1. The third kappa shape index (κ3) is 4.48. The van der Waals surface area contributed by atoms with Gasteiger partial charge in [0, 0.05) is 11.5 Å². The standard InChI is InChI=1S/C26H32N6O4/c1-26(10-5-11-29-26)14-36-20-13-17(23(32(34)35)22(27)21(20)24(28)33)16-8-9-18-19(12-16)31-25(30-18)15-6-3-2-4-7-15/h8-9,12-13,15,29H,2-7,10-11,14,27H2,1H3,(H2,28,33)(H,30,31)/t26-/m1/s1. The molecule has 1 amide bonds. The number of nitrogens with one attached hydrogen (secondary N) is 2. The third-order valence-electron chi connectivity index (χ3n) is 7.54. The lowest BCUT2D eigenvalue weighted by Gasteiger charge is -2.25. The Balaban J connectivity index is 1.58. The van der Waals surface area contributed by atoms with E-state index in [0.717, 1.165) is 49.1 Å². The Morgan fingerprint density at radius 1 is 1.25 bits per heavy atom. The van der Waals surface area contributed by atoms with E-state index in [-0.39, 0.29) is 40.4 Å². The molecule has 1 saturated carbocycles. The summed E-state index contributed by atoms with van der Waals surface area (Å²) in [5.74, 6) is 0.632. The van der Waals surface area contributed by atoms with Crippen LogP contribution in [-0.4, -0.2) is 39.5 Å². The van der Waals surface area contributed by atoms with Gasteiger partial charge in [0.2, 0.25) is 0 Å². The summed E-state index contributed by atoms with van der Waals surface area (Å²) < 4.78 is 6.05. The molecule has 0 bridgehead atoms. The van der Waals surface area contributed by atoms with Crippen molar-refractivity contribution in [1.82, 2.24) is 15.3 Å². The maximum Gasteiger partial charge on any atom is 0.300 e. The largest absolute Gasteiger partial charge is 0.491 e. The fraction of sp³-hybridized carbons (Fsp3) is 0.462. The number of nitrogen functional groups attached to an aromatic ring is 1. The summed E-state index contributed by atoms with van der Waals surface area (Å²) in [7, 11) is 0. The van der Waals surface area contributed by atoms with Crippen molar-refractivity contribution in [1.29, 1.82) is 0 Å². The molecule has 36 heavy (non-hydrogen) atoms. The first-order valence-electron chi connectivity index (χ1n) is 12.5. The molecule has 2 fully saturated rings. The van der Waals surface area contributed by atoms with E-state index in [0.29, 0.717) is 11.5 Å². The van der Waals surface area contributed by atoms with E-state index in [1.807, 2.05) is 19.1 Å². The first-order chi connectivity index (χ1) is 17.3. The number of ether oxygens (including phenoxy) is 1. The number of nitro groups is 1. The Bertz CT molecular complexity index is 1320. The van der Waals surface area contributed by atoms with Gasteiger partial charge in [0.25, 0.3) is 5.91 Å². The summed E-state index contributed by atoms with van der Waals surface area (Å²) in [6.45, 7) is 3.19. The zero-order valence-electron chi connectivity index (χ0n) is 20.4. The van der Waals surface area contributed by atoms with E-state index < -0.39 is 10.8 Å². The van der Waals surface area contributed by atoms with E-state index >= 15 is 0 Å². The number of nitrogens with two attached hydrogens (primary N) is 2. The van der Waals surface area contributed by atoms with E-state index in [2.05, 4.69) is 10.3 Å². The number of H-pyrrole nitrogens is 1. The second-order valence-electron chi connectivity index (χ2n) is 10.2. The molecule has 1 atom stereocenters. The number of benzene rings is 2. The number of nitro benzene ring substituents is 1. The number of carbonyl (C=O) groups excluding carboxylic acids is 1. The van der Waals surface area contributed by atoms with Crippen LogP contribution < -0.4 is 21.5 Å². The fourth-order valence-electron chi connectivity index (χ4n) is 5.54. The maximum atomic E-state index is 12.3. The zero-order valence-corrected chi connectivity index (χ0v) is 20.4. The SMILES string of the molecule is C[C@]1(COc2cc(-c3ccc4nc(C5CCCCC5)[nH]c4c3)c([N+](=O)[O-])c(N)c2C(N)=O)CCCN1. The lowest BCUT2D eigenvalue weighted by Crippen LogP contribution is -2.42. The lowest BCUT2D eigenvalue weighted by molar-refractivity contribution is -0.383. The van der Waals surface area contributed by atoms with Gasteiger partial charge in [0.05, 0.1) is 21.5 Å². The second-order valence-corrected chi connectivity index (χ2v) is 10.2. The van der Waals surface area contributed by atoms with Gasteiger partial charge in [-0.2, -0.15) is 0 Å². The summed E-state index contributed by atoms with van der Waals surface area (Å²) in [5.41, 5.74) is 13.1. The molecule has 0 spiro atoms. The molecule has 2 aliphatic rings. The summed E-state index contributed by atoms with van der Waals surface area (Å²) in [6, 6.07) is 6.97. The smallest absolute Gasteiger partial charge is 0.300 e. The summed E-state index contributed by atoms with van der Waals surface area (Å²) in [5, 5.41) is 15.5. The number of imidazole rings is 1. The molecule has 1 aliphatic heterocycles. The normalized spacial score (nSPS) is 20.6. The third-order valence-corrected chi connectivity index (χ3v) is 7.54. The summed E-state index contributed by atoms with van der Waals surface area (Å²) >= 11 is 0. The molecule has 190 valence electrons. The average Bonchev–Trinajstić information content (AvgIpc) is 3.48. The van der Waals surface area contributed by atoms with Crippen molar-refractivity contribution >= 4 is 28.3 Å². The van der Waals surface area contributed by atoms with E-state index in [4.69, 9.17) is 21.2 Å². The molecule has 2 heterocycles. The second kappa shape index (κ2) is 9.42. The molecule has 0 radical (unpaired) electrons. The number of aromatic amines is 1. The molecule has 5 rings (SSSR count). The highest BCUT2D eigenvalue weighted by Crippen LogP contribution is 2.43. The maximum absolute atomic E-state index is 12.3. The number of amides is 1. The van der Waals surface area contributed by atoms with Crippen molar-refractivity contribution < 1.29 is 14.5 Å². The topological polar surface area (TPSA) is 162 Å². The first-order valence-corrected chi connectivity index (χ1v) is 12.5. The van der Waals surface area contributed by atoms with Crippen LogP contribution in [0.15, 0.2) is 24.3 Å². The van der Waals surface area contributed by atoms with Crippen LogP contribution in [0, 0.1) is 10.1 Å². The molecular weight excluding hydrogens is 460 g/mol. The molecule has 2 aromatic carbocycles. The molecule has 6 N–H and O–H groups in total. The molecule has 1 aromatic heterocycles. The van der Waals surface area contributed by atoms with Gasteiger partial charge in [0.1, 0.15) is 29.4 Å². The van der Waals surface area contributed by atoms with Crippen molar-refractivity contribution in [3.8, 4) is 16.9 Å². The van der Waals surface area contributed by atoms with Gasteiger partial charge in [-0.15, -0.1) is 0 Å². The van der Waals surface area contributed by atoms with Gasteiger partial charge in [-0.25, -0.2) is 4.98 Å². The van der Waals surface area contributed by atoms with Crippen LogP contribution in [0.1, 0.15) is 74.0 Å². The summed E-state index contributed by atoms with van der Waals surface area (Å²) in [4.78, 5) is 32.0. The Kier molecular flexibility index (Phi) is 6.29. The molecule has 10 nitrogen and oxygen atoms in total. The van der Waals surface area contributed by atoms with E-state index in [1.165, 1.54) is 25.3 Å². The Hall–Kier alpha value is -3.66. The Morgan fingerprint density at radius 2 is 2.03 bits per heavy atom. The Labute approximate surface area is 208 Å². The van der Waals surface area contributed by atoms with E-state index in [9.17, 15) is 14.9 Å². The number of nitrogens with zero attached hydrogens (tertiary/aromatic N) is 2. The monoisotopic (exact) mass is 492 g/mol. The molecular formula is C26H32N6O4. The van der Waals surface area contributed by atoms with Gasteiger partial charge < -0.3 is 26.5 Å². The molecule has 1 aliphatic carbocycles. The van der Waals surface area contributed by atoms with Crippen molar-refractivity contribution in [3.63, 3.8) is 0 Å². The molecule has 1 saturated heterocycles. The first kappa shape index (κ1) is 24.1. The van der Waals surface area contributed by atoms with Gasteiger partial charge in [-0.05, 0) is 62.9 Å². The van der Waals surface area contributed by atoms with Crippen molar-refractivity contribution in [2.45, 2.75) is 63.3 Å². The van der Waals surface area contributed by atoms with Crippen LogP contribution in [0.3, 0.4) is 0 Å². The summed E-state index contributed by atoms with van der Waals surface area (Å²) in [6.07, 6.45) is 7.80. The van der Waals surface area contributed by atoms with Crippen molar-refractivity contribution in [3.05, 3.63) is 45.8 Å². The van der Waals surface area contributed by atoms with Gasteiger partial charge in [-0.3, -0.25) is 14.9 Å². The van der Waals surface area contributed by atoms with Crippen LogP contribution in [0.2, 0.25) is 0 Å². The average molecular weight is 493 g/mol. The Morgan fingerprint density at radius 3 is 2.69 bits per heavy atom. The van der Waals surface area contributed by atoms with Crippen LogP contribution in [0.4, 0.5) is 11.4 Å². The van der Waals surface area contributed by atoms with Crippen LogP contribution in [0.25, 0.3) is 22.2 Å². The quantitative estimate of drug-likeness (QED) is 0.216. The van der Waals surface area contributed by atoms with Crippen LogP contribution in [-0.2, 0) is 0 Å². The minimum absolute atomic E-state index is 0.142. The van der Waals surface area contributed by atoms with Crippen molar-refractivity contribution in [2.24, 2.45) is 5.73 Å². The predicted octanol–water partition coefficient (Wildman–Crippen LogP) is 4.39. The number of anilines is 1. The van der Waals surface area contributed by atoms with Gasteiger partial charge >= 0.3 is 5.69 Å². The number of hydrogen-bond acceptors (Lipinski definition) is 7. The van der Waals surface area contributed by atoms with Crippen molar-refractivity contribution in [2.75, 3.05) is 18.9 Å². The molecule has 10 heteroatoms. The highest BCUT2D eigenvalue weighted by molar-refractivity contribution is 6.05. The number of fused-ring (bicyclic) bond motifs is 1. The highest BCUT2D eigenvalue weighted by atomic mass is 16.6. The number of rotatable bonds is 7. The van der Waals surface area contributed by atoms with Crippen LogP contribution in [0.5, 0.6) is 5.75 Å². The fourth-order valence-corrected chi connectivity index (χ4v) is 5.54. The zero-order chi connectivity index (χ0) is 25.4. The van der Waals surface area contributed by atoms with Gasteiger partial charge in [0.15, 0.2) is 0 Å². The highest BCUT2D eigenvalue weighted by Gasteiger charge is 2.32. The minimum atomic E-state index is -0.872. The van der Waals surface area contributed by atoms with Crippen LogP contribution >= 0.6 is 0 Å². The van der Waals surface area contributed by atoms with Gasteiger partial charge in [-0.1, -0.05) is 25.3 Å². The predicted molar refractivity (Wildman–Crippen MR) is 138 cm³/mol. The van der Waals surface area contributed by atoms with E-state index in [1.54, 1.807) is 6.07 Å². The lowest BCUT2D eigenvalue weighted by atomic mass is 9.89. The number of hydrogen-bond donors (Lipinski definition) is 4. The number of carbonyl (C=O) groups is 1.